The lowest BCUT2D eigenvalue weighted by molar-refractivity contribution is -0.113. The Bertz CT molecular complexity index is 972. The van der Waals surface area contributed by atoms with Crippen molar-refractivity contribution in [3.05, 3.63) is 21.3 Å². The number of carbonyl (C=O) groups is 1. The predicted octanol–water partition coefficient (Wildman–Crippen LogP) is 4.96. The van der Waals surface area contributed by atoms with Crippen LogP contribution in [0.4, 0.5) is 5.13 Å². The third-order valence-corrected chi connectivity index (χ3v) is 7.82. The number of hydrogen-bond acceptors (Lipinski definition) is 8. The zero-order chi connectivity index (χ0) is 20.2. The fourth-order valence-corrected chi connectivity index (χ4v) is 5.95. The zero-order valence-electron chi connectivity index (χ0n) is 16.6. The summed E-state index contributed by atoms with van der Waals surface area (Å²) in [5, 5.41) is 24.4. The molecule has 0 atom stereocenters. The number of hydrogen-bond donors (Lipinski definition) is 1. The average Bonchev–Trinajstić information content (AvgIpc) is 3.46. The highest BCUT2D eigenvalue weighted by Gasteiger charge is 2.21. The lowest BCUT2D eigenvalue weighted by Gasteiger charge is -2.18. The van der Waals surface area contributed by atoms with Gasteiger partial charge < -0.3 is 4.57 Å². The number of thiophene rings is 1. The van der Waals surface area contributed by atoms with E-state index < -0.39 is 0 Å². The summed E-state index contributed by atoms with van der Waals surface area (Å²) < 4.78 is 2.05. The van der Waals surface area contributed by atoms with Crippen molar-refractivity contribution >= 4 is 45.5 Å². The van der Waals surface area contributed by atoms with Crippen molar-refractivity contribution in [2.45, 2.75) is 63.6 Å². The van der Waals surface area contributed by atoms with Crippen LogP contribution in [0.15, 0.2) is 16.6 Å². The molecule has 1 saturated carbocycles. The van der Waals surface area contributed by atoms with Gasteiger partial charge in [0.15, 0.2) is 11.0 Å². The molecule has 0 aliphatic heterocycles. The minimum absolute atomic E-state index is 0.0973. The summed E-state index contributed by atoms with van der Waals surface area (Å²) in [5.41, 5.74) is 1.07. The van der Waals surface area contributed by atoms with E-state index >= 15 is 0 Å². The minimum Gasteiger partial charge on any atom is -0.302 e. The molecule has 3 aromatic heterocycles. The fraction of sp³-hybridized carbons (Fsp3) is 0.526. The van der Waals surface area contributed by atoms with E-state index in [2.05, 4.69) is 51.0 Å². The zero-order valence-corrected chi connectivity index (χ0v) is 19.0. The van der Waals surface area contributed by atoms with Crippen molar-refractivity contribution in [1.82, 2.24) is 25.0 Å². The van der Waals surface area contributed by atoms with Crippen LogP contribution in [-0.4, -0.2) is 36.6 Å². The average molecular weight is 449 g/mol. The normalized spacial score (nSPS) is 15.0. The van der Waals surface area contributed by atoms with E-state index in [1.165, 1.54) is 60.1 Å². The number of carbonyl (C=O) groups excluding carboxylic acids is 1. The molecule has 29 heavy (non-hydrogen) atoms. The van der Waals surface area contributed by atoms with Crippen molar-refractivity contribution in [2.24, 2.45) is 0 Å². The van der Waals surface area contributed by atoms with Crippen LogP contribution >= 0.6 is 34.4 Å². The first-order valence-electron chi connectivity index (χ1n) is 9.88. The maximum Gasteiger partial charge on any atom is 0.236 e. The third kappa shape index (κ3) is 4.87. The Morgan fingerprint density at radius 3 is 2.79 bits per heavy atom. The van der Waals surface area contributed by atoms with Crippen molar-refractivity contribution < 1.29 is 4.79 Å². The number of amides is 1. The second-order valence-electron chi connectivity index (χ2n) is 7.11. The van der Waals surface area contributed by atoms with Gasteiger partial charge in [0, 0.05) is 28.3 Å². The Kier molecular flexibility index (Phi) is 6.61. The van der Waals surface area contributed by atoms with Gasteiger partial charge in [-0.25, -0.2) is 0 Å². The first-order chi connectivity index (χ1) is 14.1. The molecule has 0 saturated heterocycles. The van der Waals surface area contributed by atoms with Gasteiger partial charge in [-0.05, 0) is 32.8 Å². The maximum absolute atomic E-state index is 12.4. The smallest absolute Gasteiger partial charge is 0.236 e. The minimum atomic E-state index is -0.0973. The molecular weight excluding hydrogens is 424 g/mol. The second-order valence-corrected chi connectivity index (χ2v) is 10.2. The predicted molar refractivity (Wildman–Crippen MR) is 119 cm³/mol. The fourth-order valence-electron chi connectivity index (χ4n) is 3.54. The number of nitrogens with zero attached hydrogens (tertiary/aromatic N) is 5. The summed E-state index contributed by atoms with van der Waals surface area (Å²) in [7, 11) is 0. The summed E-state index contributed by atoms with van der Waals surface area (Å²) in [5.74, 6) is 1.52. The Hall–Kier alpha value is -1.78. The van der Waals surface area contributed by atoms with Crippen LogP contribution in [0.2, 0.25) is 0 Å². The summed E-state index contributed by atoms with van der Waals surface area (Å²) in [6, 6.07) is 2.11. The van der Waals surface area contributed by atoms with Gasteiger partial charge in [-0.1, -0.05) is 42.4 Å². The van der Waals surface area contributed by atoms with E-state index in [1.807, 2.05) is 4.57 Å². The van der Waals surface area contributed by atoms with Crippen molar-refractivity contribution in [2.75, 3.05) is 11.1 Å². The van der Waals surface area contributed by atoms with Gasteiger partial charge in [0.1, 0.15) is 5.01 Å². The summed E-state index contributed by atoms with van der Waals surface area (Å²) in [4.78, 5) is 13.6. The SMILES string of the molecule is CCn1c(SCC(=O)Nc2nnc(C3CCCCC3)s2)nnc1-c1csc(C)c1. The molecule has 3 heterocycles. The van der Waals surface area contributed by atoms with E-state index in [9.17, 15) is 4.79 Å². The molecule has 4 rings (SSSR count). The molecule has 1 aliphatic rings. The largest absolute Gasteiger partial charge is 0.302 e. The first kappa shape index (κ1) is 20.5. The van der Waals surface area contributed by atoms with Gasteiger partial charge in [-0.2, -0.15) is 0 Å². The van der Waals surface area contributed by atoms with E-state index in [0.717, 1.165) is 28.1 Å². The molecule has 1 amide bonds. The van der Waals surface area contributed by atoms with Crippen LogP contribution < -0.4 is 5.32 Å². The standard InChI is InChI=1S/C19H24N6OS3/c1-3-25-16(14-9-12(2)27-10-14)21-24-19(25)28-11-15(26)20-18-23-22-17(29-18)13-7-5-4-6-8-13/h9-10,13H,3-8,11H2,1-2H3,(H,20,23,26). The third-order valence-electron chi connectivity index (χ3n) is 5.00. The van der Waals surface area contributed by atoms with Gasteiger partial charge in [-0.15, -0.1) is 31.7 Å². The second kappa shape index (κ2) is 9.36. The number of anilines is 1. The highest BCUT2D eigenvalue weighted by molar-refractivity contribution is 7.99. The number of rotatable bonds is 7. The molecule has 1 aliphatic carbocycles. The Labute approximate surface area is 182 Å². The first-order valence-corrected chi connectivity index (χ1v) is 12.6. The lowest BCUT2D eigenvalue weighted by Crippen LogP contribution is -2.14. The molecule has 0 aromatic carbocycles. The van der Waals surface area contributed by atoms with E-state index in [-0.39, 0.29) is 11.7 Å². The van der Waals surface area contributed by atoms with Crippen LogP contribution in [-0.2, 0) is 11.3 Å². The van der Waals surface area contributed by atoms with Crippen molar-refractivity contribution in [3.63, 3.8) is 0 Å². The number of thioether (sulfide) groups is 1. The highest BCUT2D eigenvalue weighted by atomic mass is 32.2. The Balaban J connectivity index is 1.35. The summed E-state index contributed by atoms with van der Waals surface area (Å²) in [6.07, 6.45) is 6.18. The van der Waals surface area contributed by atoms with E-state index in [1.54, 1.807) is 11.3 Å². The Morgan fingerprint density at radius 1 is 1.24 bits per heavy atom. The number of aryl methyl sites for hydroxylation is 1. The molecule has 0 radical (unpaired) electrons. The molecule has 7 nitrogen and oxygen atoms in total. The molecule has 0 spiro atoms. The van der Waals surface area contributed by atoms with Gasteiger partial charge in [-0.3, -0.25) is 10.1 Å². The van der Waals surface area contributed by atoms with Crippen molar-refractivity contribution in [3.8, 4) is 11.4 Å². The molecule has 0 bridgehead atoms. The van der Waals surface area contributed by atoms with Crippen LogP contribution in [0.3, 0.4) is 0 Å². The molecule has 1 fully saturated rings. The highest BCUT2D eigenvalue weighted by Crippen LogP contribution is 2.35. The molecular formula is C19H24N6OS3. The number of aromatic nitrogens is 5. The quantitative estimate of drug-likeness (QED) is 0.514. The van der Waals surface area contributed by atoms with Gasteiger partial charge >= 0.3 is 0 Å². The van der Waals surface area contributed by atoms with Gasteiger partial charge in [0.05, 0.1) is 5.75 Å². The summed E-state index contributed by atoms with van der Waals surface area (Å²) in [6.45, 7) is 4.89. The van der Waals surface area contributed by atoms with Crippen LogP contribution in [0.25, 0.3) is 11.4 Å². The number of nitrogens with one attached hydrogen (secondary N) is 1. The lowest BCUT2D eigenvalue weighted by atomic mass is 9.90. The molecule has 0 unspecified atom stereocenters. The van der Waals surface area contributed by atoms with Crippen LogP contribution in [0, 0.1) is 6.92 Å². The van der Waals surface area contributed by atoms with Crippen molar-refractivity contribution in [1.29, 1.82) is 0 Å². The Morgan fingerprint density at radius 2 is 2.07 bits per heavy atom. The molecule has 3 aromatic rings. The monoisotopic (exact) mass is 448 g/mol. The topological polar surface area (TPSA) is 85.6 Å². The molecule has 10 heteroatoms. The molecule has 1 N–H and O–H groups in total. The maximum atomic E-state index is 12.4. The van der Waals surface area contributed by atoms with E-state index in [4.69, 9.17) is 0 Å². The molecule has 154 valence electrons. The van der Waals surface area contributed by atoms with E-state index in [0.29, 0.717) is 11.0 Å². The summed E-state index contributed by atoms with van der Waals surface area (Å²) >= 11 is 4.59. The van der Waals surface area contributed by atoms with Gasteiger partial charge in [0.25, 0.3) is 0 Å². The van der Waals surface area contributed by atoms with Crippen LogP contribution in [0.5, 0.6) is 0 Å². The van der Waals surface area contributed by atoms with Gasteiger partial charge in [0.2, 0.25) is 11.0 Å². The van der Waals surface area contributed by atoms with Crippen LogP contribution in [0.1, 0.15) is 54.8 Å².